The normalized spacial score (nSPS) is 11.5. The molecule has 0 spiro atoms. The van der Waals surface area contributed by atoms with Gasteiger partial charge in [-0.2, -0.15) is 4.52 Å². The van der Waals surface area contributed by atoms with Crippen molar-refractivity contribution in [2.24, 2.45) is 0 Å². The Kier molecular flexibility index (Phi) is 7.11. The molecule has 0 radical (unpaired) electrons. The van der Waals surface area contributed by atoms with E-state index in [2.05, 4.69) is 15.1 Å². The number of nitrogens with zero attached hydrogens (tertiary/aromatic N) is 5. The first-order valence-corrected chi connectivity index (χ1v) is 11.2. The summed E-state index contributed by atoms with van der Waals surface area (Å²) < 4.78 is 28.8. The van der Waals surface area contributed by atoms with Gasteiger partial charge in [-0.3, -0.25) is 0 Å². The highest BCUT2D eigenvalue weighted by molar-refractivity contribution is 5.86. The van der Waals surface area contributed by atoms with Crippen molar-refractivity contribution in [1.29, 1.82) is 0 Å². The molecule has 1 amide bonds. The second kappa shape index (κ2) is 10.2. The standard InChI is InChI=1S/C25H29N5O6/c1-25(2,3)36-24(31)29(14-16-9-10-18(33-5)20(12-16)34-6)23-26-17(15-32-4)13-21-27-22(28-30(21)23)19-8-7-11-35-19/h7-13H,14-15H2,1-6H3. The molecule has 11 heteroatoms. The average Bonchev–Trinajstić information content (AvgIpc) is 3.51. The van der Waals surface area contributed by atoms with E-state index in [1.54, 1.807) is 78.7 Å². The molecule has 0 saturated carbocycles. The van der Waals surface area contributed by atoms with Gasteiger partial charge in [-0.1, -0.05) is 6.07 Å². The van der Waals surface area contributed by atoms with Crippen molar-refractivity contribution >= 4 is 17.7 Å². The topological polar surface area (TPSA) is 113 Å². The van der Waals surface area contributed by atoms with Crippen molar-refractivity contribution in [1.82, 2.24) is 19.6 Å². The molecule has 36 heavy (non-hydrogen) atoms. The van der Waals surface area contributed by atoms with Gasteiger partial charge >= 0.3 is 6.09 Å². The van der Waals surface area contributed by atoms with Crippen LogP contribution in [0.1, 0.15) is 32.0 Å². The van der Waals surface area contributed by atoms with Crippen LogP contribution in [0.25, 0.3) is 17.2 Å². The van der Waals surface area contributed by atoms with Gasteiger partial charge in [0.25, 0.3) is 0 Å². The smallest absolute Gasteiger partial charge is 0.417 e. The van der Waals surface area contributed by atoms with E-state index in [9.17, 15) is 4.79 Å². The van der Waals surface area contributed by atoms with Crippen molar-refractivity contribution in [3.05, 3.63) is 53.9 Å². The first kappa shape index (κ1) is 25.0. The maximum absolute atomic E-state index is 13.5. The number of furan rings is 1. The number of fused-ring (bicyclic) bond motifs is 1. The molecule has 4 rings (SSSR count). The SMILES string of the molecule is COCc1cc2nc(-c3ccco3)nn2c(N(Cc2ccc(OC)c(OC)c2)C(=O)OC(C)(C)C)n1. The third-order valence-electron chi connectivity index (χ3n) is 5.04. The largest absolute Gasteiger partial charge is 0.493 e. The van der Waals surface area contributed by atoms with E-state index < -0.39 is 11.7 Å². The molecule has 0 aliphatic heterocycles. The number of carbonyl (C=O) groups excluding carboxylic acids is 1. The Morgan fingerprint density at radius 3 is 2.47 bits per heavy atom. The van der Waals surface area contributed by atoms with Crippen LogP contribution in [0.3, 0.4) is 0 Å². The number of benzene rings is 1. The van der Waals surface area contributed by atoms with E-state index in [0.717, 1.165) is 5.56 Å². The predicted octanol–water partition coefficient (Wildman–Crippen LogP) is 4.49. The summed E-state index contributed by atoms with van der Waals surface area (Å²) in [4.78, 5) is 24.2. The molecule has 0 aliphatic rings. The zero-order valence-electron chi connectivity index (χ0n) is 21.1. The van der Waals surface area contributed by atoms with Crippen molar-refractivity contribution in [3.8, 4) is 23.1 Å². The molecular weight excluding hydrogens is 466 g/mol. The molecule has 0 aliphatic carbocycles. The maximum atomic E-state index is 13.5. The fourth-order valence-electron chi connectivity index (χ4n) is 3.52. The van der Waals surface area contributed by atoms with Gasteiger partial charge in [0.15, 0.2) is 22.9 Å². The third-order valence-corrected chi connectivity index (χ3v) is 5.04. The molecule has 1 aromatic carbocycles. The van der Waals surface area contributed by atoms with Crippen molar-refractivity contribution in [2.75, 3.05) is 26.2 Å². The zero-order valence-corrected chi connectivity index (χ0v) is 21.1. The van der Waals surface area contributed by atoms with Gasteiger partial charge in [-0.15, -0.1) is 5.10 Å². The number of methoxy groups -OCH3 is 3. The number of rotatable bonds is 8. The summed E-state index contributed by atoms with van der Waals surface area (Å²) in [5, 5.41) is 4.57. The first-order chi connectivity index (χ1) is 17.2. The number of carbonyl (C=O) groups is 1. The monoisotopic (exact) mass is 495 g/mol. The molecule has 190 valence electrons. The minimum absolute atomic E-state index is 0.115. The first-order valence-electron chi connectivity index (χ1n) is 11.2. The number of amides is 1. The van der Waals surface area contributed by atoms with Gasteiger partial charge in [0.1, 0.15) is 5.60 Å². The Bertz CT molecular complexity index is 1340. The van der Waals surface area contributed by atoms with E-state index in [4.69, 9.17) is 23.4 Å². The molecule has 0 N–H and O–H groups in total. The Balaban J connectivity index is 1.86. The van der Waals surface area contributed by atoms with Crippen LogP contribution in [0.5, 0.6) is 11.5 Å². The molecule has 0 bridgehead atoms. The number of hydrogen-bond acceptors (Lipinski definition) is 9. The Hall–Kier alpha value is -4.12. The summed E-state index contributed by atoms with van der Waals surface area (Å²) in [6.45, 7) is 5.73. The van der Waals surface area contributed by atoms with E-state index in [1.165, 1.54) is 9.42 Å². The van der Waals surface area contributed by atoms with Crippen molar-refractivity contribution in [2.45, 2.75) is 39.5 Å². The van der Waals surface area contributed by atoms with E-state index >= 15 is 0 Å². The van der Waals surface area contributed by atoms with Crippen LogP contribution in [0.4, 0.5) is 10.7 Å². The highest BCUT2D eigenvalue weighted by Crippen LogP contribution is 2.30. The number of aromatic nitrogens is 4. The Labute approximate surface area is 208 Å². The van der Waals surface area contributed by atoms with Crippen LogP contribution in [0.15, 0.2) is 47.1 Å². The molecule has 0 fully saturated rings. The van der Waals surface area contributed by atoms with E-state index in [-0.39, 0.29) is 19.1 Å². The quantitative estimate of drug-likeness (QED) is 0.349. The minimum Gasteiger partial charge on any atom is -0.493 e. The summed E-state index contributed by atoms with van der Waals surface area (Å²) in [7, 11) is 4.69. The van der Waals surface area contributed by atoms with Crippen LogP contribution in [-0.2, 0) is 22.6 Å². The maximum Gasteiger partial charge on any atom is 0.417 e. The fourth-order valence-corrected chi connectivity index (χ4v) is 3.52. The molecule has 0 unspecified atom stereocenters. The second-order valence-electron chi connectivity index (χ2n) is 8.92. The molecule has 3 aromatic heterocycles. The zero-order chi connectivity index (χ0) is 25.9. The molecule has 0 saturated heterocycles. The predicted molar refractivity (Wildman–Crippen MR) is 131 cm³/mol. The third kappa shape index (κ3) is 5.41. The highest BCUT2D eigenvalue weighted by Gasteiger charge is 2.28. The fraction of sp³-hybridized carbons (Fsp3) is 0.360. The number of anilines is 1. The number of hydrogen-bond donors (Lipinski definition) is 0. The lowest BCUT2D eigenvalue weighted by molar-refractivity contribution is 0.0574. The molecular formula is C25H29N5O6. The van der Waals surface area contributed by atoms with Gasteiger partial charge in [-0.05, 0) is 50.6 Å². The van der Waals surface area contributed by atoms with Crippen LogP contribution < -0.4 is 14.4 Å². The molecule has 11 nitrogen and oxygen atoms in total. The van der Waals surface area contributed by atoms with Gasteiger partial charge in [0.05, 0.1) is 39.3 Å². The highest BCUT2D eigenvalue weighted by atomic mass is 16.6. The van der Waals surface area contributed by atoms with Gasteiger partial charge in [0, 0.05) is 13.2 Å². The Morgan fingerprint density at radius 2 is 1.83 bits per heavy atom. The Morgan fingerprint density at radius 1 is 1.06 bits per heavy atom. The van der Waals surface area contributed by atoms with Crippen LogP contribution >= 0.6 is 0 Å². The lowest BCUT2D eigenvalue weighted by Crippen LogP contribution is -2.38. The summed E-state index contributed by atoms with van der Waals surface area (Å²) >= 11 is 0. The average molecular weight is 496 g/mol. The lowest BCUT2D eigenvalue weighted by Gasteiger charge is -2.27. The van der Waals surface area contributed by atoms with Crippen molar-refractivity contribution in [3.63, 3.8) is 0 Å². The summed E-state index contributed by atoms with van der Waals surface area (Å²) in [5.74, 6) is 2.17. The number of ether oxygens (including phenoxy) is 4. The van der Waals surface area contributed by atoms with Crippen LogP contribution in [0.2, 0.25) is 0 Å². The summed E-state index contributed by atoms with van der Waals surface area (Å²) in [6.07, 6.45) is 0.941. The van der Waals surface area contributed by atoms with Gasteiger partial charge in [-0.25, -0.2) is 19.7 Å². The van der Waals surface area contributed by atoms with Gasteiger partial charge in [0.2, 0.25) is 11.8 Å². The minimum atomic E-state index is -0.738. The van der Waals surface area contributed by atoms with E-state index in [1.807, 2.05) is 6.07 Å². The van der Waals surface area contributed by atoms with Crippen LogP contribution in [0, 0.1) is 0 Å². The second-order valence-corrected chi connectivity index (χ2v) is 8.92. The van der Waals surface area contributed by atoms with Gasteiger partial charge < -0.3 is 23.4 Å². The van der Waals surface area contributed by atoms with Crippen LogP contribution in [-0.4, -0.2) is 52.6 Å². The lowest BCUT2D eigenvalue weighted by atomic mass is 10.2. The molecule has 4 aromatic rings. The van der Waals surface area contributed by atoms with Crippen molar-refractivity contribution < 1.29 is 28.2 Å². The molecule has 3 heterocycles. The summed E-state index contributed by atoms with van der Waals surface area (Å²) in [6, 6.07) is 10.7. The van der Waals surface area contributed by atoms with E-state index in [0.29, 0.717) is 34.4 Å². The summed E-state index contributed by atoms with van der Waals surface area (Å²) in [5.41, 5.74) is 1.06. The molecule has 0 atom stereocenters.